The van der Waals surface area contributed by atoms with Crippen LogP contribution in [-0.4, -0.2) is 67.4 Å². The van der Waals surface area contributed by atoms with Gasteiger partial charge in [0.15, 0.2) is 0 Å². The lowest BCUT2D eigenvalue weighted by molar-refractivity contribution is -0.131. The van der Waals surface area contributed by atoms with Crippen LogP contribution in [0.25, 0.3) is 0 Å². The minimum Gasteiger partial charge on any atom is -0.497 e. The van der Waals surface area contributed by atoms with Crippen molar-refractivity contribution in [2.75, 3.05) is 44.7 Å². The van der Waals surface area contributed by atoms with Crippen molar-refractivity contribution in [3.8, 4) is 5.75 Å². The third-order valence-electron chi connectivity index (χ3n) is 5.48. The van der Waals surface area contributed by atoms with Crippen LogP contribution in [0.5, 0.6) is 5.75 Å². The summed E-state index contributed by atoms with van der Waals surface area (Å²) in [6.07, 6.45) is 0.143. The highest BCUT2D eigenvalue weighted by Crippen LogP contribution is 2.24. The van der Waals surface area contributed by atoms with Gasteiger partial charge in [0.25, 0.3) is 11.8 Å². The van der Waals surface area contributed by atoms with Gasteiger partial charge in [0, 0.05) is 50.9 Å². The van der Waals surface area contributed by atoms with Crippen molar-refractivity contribution in [3.05, 3.63) is 59.7 Å². The molecular formula is C22H23N3O4. The normalized spacial score (nSPS) is 16.2. The number of fused-ring (bicyclic) bond motifs is 1. The standard InChI is InChI=1S/C22H23N3O4/c1-29-17-6-4-5-16(15-17)23-11-13-24(14-12-23)20(26)9-10-25-21(27)18-7-2-3-8-19(18)22(25)28/h2-8,15H,9-14H2,1H3. The lowest BCUT2D eigenvalue weighted by Crippen LogP contribution is -2.49. The van der Waals surface area contributed by atoms with E-state index in [-0.39, 0.29) is 30.7 Å². The van der Waals surface area contributed by atoms with E-state index in [9.17, 15) is 14.4 Å². The summed E-state index contributed by atoms with van der Waals surface area (Å²) in [7, 11) is 1.64. The number of imide groups is 1. The predicted molar refractivity (Wildman–Crippen MR) is 108 cm³/mol. The van der Waals surface area contributed by atoms with Crippen molar-refractivity contribution in [3.63, 3.8) is 0 Å². The summed E-state index contributed by atoms with van der Waals surface area (Å²) in [5, 5.41) is 0. The van der Waals surface area contributed by atoms with E-state index in [1.807, 2.05) is 24.3 Å². The molecule has 0 aliphatic carbocycles. The second kappa shape index (κ2) is 7.95. The molecular weight excluding hydrogens is 370 g/mol. The van der Waals surface area contributed by atoms with E-state index in [0.717, 1.165) is 24.5 Å². The SMILES string of the molecule is COc1cccc(N2CCN(C(=O)CCN3C(=O)c4ccccc4C3=O)CC2)c1. The van der Waals surface area contributed by atoms with E-state index in [0.29, 0.717) is 24.2 Å². The Bertz CT molecular complexity index is 916. The number of hydrogen-bond acceptors (Lipinski definition) is 5. The number of hydrogen-bond donors (Lipinski definition) is 0. The predicted octanol–water partition coefficient (Wildman–Crippen LogP) is 2.03. The van der Waals surface area contributed by atoms with Gasteiger partial charge in [0.1, 0.15) is 5.75 Å². The van der Waals surface area contributed by atoms with Gasteiger partial charge in [0.05, 0.1) is 18.2 Å². The smallest absolute Gasteiger partial charge is 0.261 e. The molecule has 2 aliphatic rings. The van der Waals surface area contributed by atoms with Crippen LogP contribution in [0.1, 0.15) is 27.1 Å². The molecule has 2 aromatic rings. The monoisotopic (exact) mass is 393 g/mol. The first kappa shape index (κ1) is 19.0. The molecule has 2 aliphatic heterocycles. The minimum atomic E-state index is -0.318. The second-order valence-electron chi connectivity index (χ2n) is 7.13. The van der Waals surface area contributed by atoms with Gasteiger partial charge < -0.3 is 14.5 Å². The molecule has 150 valence electrons. The molecule has 7 nitrogen and oxygen atoms in total. The summed E-state index contributed by atoms with van der Waals surface area (Å²) in [5.41, 5.74) is 1.90. The zero-order valence-electron chi connectivity index (χ0n) is 16.3. The van der Waals surface area contributed by atoms with E-state index < -0.39 is 0 Å². The molecule has 0 radical (unpaired) electrons. The van der Waals surface area contributed by atoms with Gasteiger partial charge in [-0.15, -0.1) is 0 Å². The van der Waals surface area contributed by atoms with Crippen molar-refractivity contribution in [2.45, 2.75) is 6.42 Å². The van der Waals surface area contributed by atoms with E-state index in [1.165, 1.54) is 4.90 Å². The molecule has 29 heavy (non-hydrogen) atoms. The van der Waals surface area contributed by atoms with Gasteiger partial charge in [-0.05, 0) is 24.3 Å². The molecule has 2 heterocycles. The summed E-state index contributed by atoms with van der Waals surface area (Å²) in [4.78, 5) is 42.6. The maximum absolute atomic E-state index is 12.6. The quantitative estimate of drug-likeness (QED) is 0.727. The van der Waals surface area contributed by atoms with Crippen molar-refractivity contribution in [2.24, 2.45) is 0 Å². The number of amides is 3. The van der Waals surface area contributed by atoms with Crippen LogP contribution < -0.4 is 9.64 Å². The highest BCUT2D eigenvalue weighted by atomic mass is 16.5. The number of anilines is 1. The van der Waals surface area contributed by atoms with Crippen LogP contribution in [0.3, 0.4) is 0 Å². The third kappa shape index (κ3) is 3.68. The fraction of sp³-hybridized carbons (Fsp3) is 0.318. The largest absolute Gasteiger partial charge is 0.497 e. The Morgan fingerprint density at radius 3 is 2.21 bits per heavy atom. The Labute approximate surface area is 169 Å². The van der Waals surface area contributed by atoms with Gasteiger partial charge in [0.2, 0.25) is 5.91 Å². The van der Waals surface area contributed by atoms with Crippen molar-refractivity contribution < 1.29 is 19.1 Å². The van der Waals surface area contributed by atoms with Gasteiger partial charge >= 0.3 is 0 Å². The number of carbonyl (C=O) groups is 3. The van der Waals surface area contributed by atoms with Gasteiger partial charge in [-0.25, -0.2) is 0 Å². The number of benzene rings is 2. The average Bonchev–Trinajstić information content (AvgIpc) is 3.02. The summed E-state index contributed by atoms with van der Waals surface area (Å²) in [6.45, 7) is 2.79. The number of ether oxygens (including phenoxy) is 1. The number of carbonyl (C=O) groups excluding carboxylic acids is 3. The number of methoxy groups -OCH3 is 1. The van der Waals surface area contributed by atoms with Gasteiger partial charge in [-0.2, -0.15) is 0 Å². The first-order valence-corrected chi connectivity index (χ1v) is 9.70. The maximum atomic E-state index is 12.6. The van der Waals surface area contributed by atoms with Gasteiger partial charge in [-0.1, -0.05) is 18.2 Å². The van der Waals surface area contributed by atoms with E-state index in [1.54, 1.807) is 36.3 Å². The Morgan fingerprint density at radius 2 is 1.59 bits per heavy atom. The van der Waals surface area contributed by atoms with Crippen LogP contribution in [0.2, 0.25) is 0 Å². The van der Waals surface area contributed by atoms with Gasteiger partial charge in [-0.3, -0.25) is 19.3 Å². The fourth-order valence-corrected chi connectivity index (χ4v) is 3.83. The van der Waals surface area contributed by atoms with Crippen LogP contribution in [0.15, 0.2) is 48.5 Å². The van der Waals surface area contributed by atoms with Crippen LogP contribution in [-0.2, 0) is 4.79 Å². The molecule has 1 saturated heterocycles. The average molecular weight is 393 g/mol. The number of nitrogens with zero attached hydrogens (tertiary/aromatic N) is 3. The Morgan fingerprint density at radius 1 is 0.931 bits per heavy atom. The maximum Gasteiger partial charge on any atom is 0.261 e. The minimum absolute atomic E-state index is 0.0353. The van der Waals surface area contributed by atoms with E-state index in [4.69, 9.17) is 4.74 Å². The molecule has 0 atom stereocenters. The molecule has 0 bridgehead atoms. The lowest BCUT2D eigenvalue weighted by Gasteiger charge is -2.36. The third-order valence-corrected chi connectivity index (χ3v) is 5.48. The Kier molecular flexibility index (Phi) is 5.20. The second-order valence-corrected chi connectivity index (χ2v) is 7.13. The Hall–Kier alpha value is -3.35. The summed E-state index contributed by atoms with van der Waals surface area (Å²) in [6, 6.07) is 14.6. The lowest BCUT2D eigenvalue weighted by atomic mass is 10.1. The molecule has 0 saturated carbocycles. The summed E-state index contributed by atoms with van der Waals surface area (Å²) in [5.74, 6) is 0.135. The van der Waals surface area contributed by atoms with Crippen LogP contribution in [0.4, 0.5) is 5.69 Å². The molecule has 3 amide bonds. The van der Waals surface area contributed by atoms with Crippen molar-refractivity contribution in [1.29, 1.82) is 0 Å². The van der Waals surface area contributed by atoms with Crippen molar-refractivity contribution >= 4 is 23.4 Å². The van der Waals surface area contributed by atoms with E-state index in [2.05, 4.69) is 4.90 Å². The van der Waals surface area contributed by atoms with Crippen LogP contribution in [0, 0.1) is 0 Å². The first-order chi connectivity index (χ1) is 14.1. The van der Waals surface area contributed by atoms with Crippen molar-refractivity contribution in [1.82, 2.24) is 9.80 Å². The first-order valence-electron chi connectivity index (χ1n) is 9.70. The van der Waals surface area contributed by atoms with Crippen LogP contribution >= 0.6 is 0 Å². The zero-order chi connectivity index (χ0) is 20.4. The number of rotatable bonds is 5. The number of piperazine rings is 1. The highest BCUT2D eigenvalue weighted by Gasteiger charge is 2.35. The highest BCUT2D eigenvalue weighted by molar-refractivity contribution is 6.21. The molecule has 0 spiro atoms. The molecule has 0 aromatic heterocycles. The Balaban J connectivity index is 1.31. The molecule has 1 fully saturated rings. The molecule has 0 unspecified atom stereocenters. The molecule has 7 heteroatoms. The molecule has 4 rings (SSSR count). The summed E-state index contributed by atoms with van der Waals surface area (Å²) < 4.78 is 5.28. The van der Waals surface area contributed by atoms with E-state index >= 15 is 0 Å². The summed E-state index contributed by atoms with van der Waals surface area (Å²) >= 11 is 0. The molecule has 0 N–H and O–H groups in total. The molecule has 2 aromatic carbocycles. The zero-order valence-corrected chi connectivity index (χ0v) is 16.3. The topological polar surface area (TPSA) is 70.2 Å². The fourth-order valence-electron chi connectivity index (χ4n) is 3.83.